The average Bonchev–Trinajstić information content (AvgIpc) is 3.03. The molecule has 1 aliphatic heterocycles. The maximum atomic E-state index is 12.3. The third-order valence-corrected chi connectivity index (χ3v) is 5.30. The van der Waals surface area contributed by atoms with Crippen LogP contribution in [-0.4, -0.2) is 30.8 Å². The summed E-state index contributed by atoms with van der Waals surface area (Å²) in [6.07, 6.45) is 1.66. The van der Waals surface area contributed by atoms with Gasteiger partial charge in [0.1, 0.15) is 5.75 Å². The Morgan fingerprint density at radius 1 is 1.21 bits per heavy atom. The quantitative estimate of drug-likeness (QED) is 0.553. The summed E-state index contributed by atoms with van der Waals surface area (Å²) < 4.78 is 10.0. The molecule has 1 aliphatic rings. The zero-order valence-corrected chi connectivity index (χ0v) is 16.9. The number of halogens is 2. The predicted octanol–water partition coefficient (Wildman–Crippen LogP) is 4.44. The minimum atomic E-state index is -0.497. The van der Waals surface area contributed by atoms with E-state index in [1.54, 1.807) is 48.5 Å². The third-order valence-electron chi connectivity index (χ3n) is 3.58. The maximum absolute atomic E-state index is 12.3. The number of amides is 1. The number of carbonyl (C=O) groups is 2. The van der Waals surface area contributed by atoms with Gasteiger partial charge in [-0.3, -0.25) is 4.79 Å². The highest BCUT2D eigenvalue weighted by molar-refractivity contribution is 8.18. The van der Waals surface area contributed by atoms with Crippen LogP contribution >= 0.6 is 35.0 Å². The highest BCUT2D eigenvalue weighted by Gasteiger charge is 2.24. The molecular formula is C19H14Cl2N2O4S. The molecule has 0 radical (unpaired) electrons. The highest BCUT2D eigenvalue weighted by Crippen LogP contribution is 2.35. The van der Waals surface area contributed by atoms with Crippen molar-refractivity contribution in [3.8, 4) is 5.75 Å². The predicted molar refractivity (Wildman–Crippen MR) is 111 cm³/mol. The number of carbonyl (C=O) groups excluding carboxylic acids is 2. The Morgan fingerprint density at radius 2 is 2.00 bits per heavy atom. The van der Waals surface area contributed by atoms with Crippen LogP contribution in [0.3, 0.4) is 0 Å². The van der Waals surface area contributed by atoms with Crippen LogP contribution in [0.25, 0.3) is 6.08 Å². The van der Waals surface area contributed by atoms with E-state index in [0.29, 0.717) is 37.1 Å². The lowest BCUT2D eigenvalue weighted by Gasteiger charge is -2.08. The fourth-order valence-electron chi connectivity index (χ4n) is 2.24. The average molecular weight is 437 g/mol. The van der Waals surface area contributed by atoms with Crippen LogP contribution in [0.5, 0.6) is 5.75 Å². The number of aliphatic imine (C=N–C) groups is 1. The van der Waals surface area contributed by atoms with E-state index in [-0.39, 0.29) is 12.5 Å². The van der Waals surface area contributed by atoms with Crippen molar-refractivity contribution in [3.63, 3.8) is 0 Å². The summed E-state index contributed by atoms with van der Waals surface area (Å²) in [6, 6.07) is 12.1. The smallest absolute Gasteiger partial charge is 0.343 e. The molecule has 3 rings (SSSR count). The van der Waals surface area contributed by atoms with Gasteiger partial charge in [0.2, 0.25) is 0 Å². The van der Waals surface area contributed by atoms with Crippen LogP contribution in [0.1, 0.15) is 5.56 Å². The van der Waals surface area contributed by atoms with Crippen LogP contribution in [0, 0.1) is 0 Å². The number of ether oxygens (including phenoxy) is 2. The van der Waals surface area contributed by atoms with Gasteiger partial charge in [-0.1, -0.05) is 47.5 Å². The van der Waals surface area contributed by atoms with Crippen molar-refractivity contribution in [1.29, 1.82) is 0 Å². The van der Waals surface area contributed by atoms with Crippen LogP contribution in [0.4, 0.5) is 5.69 Å². The van der Waals surface area contributed by atoms with E-state index >= 15 is 0 Å². The van der Waals surface area contributed by atoms with Gasteiger partial charge in [-0.25, -0.2) is 9.79 Å². The van der Waals surface area contributed by atoms with Crippen molar-refractivity contribution in [2.45, 2.75) is 0 Å². The number of esters is 1. The molecule has 6 nitrogen and oxygen atoms in total. The summed E-state index contributed by atoms with van der Waals surface area (Å²) >= 11 is 13.3. The molecule has 28 heavy (non-hydrogen) atoms. The Morgan fingerprint density at radius 3 is 2.79 bits per heavy atom. The van der Waals surface area contributed by atoms with E-state index in [0.717, 1.165) is 11.8 Å². The largest absolute Gasteiger partial charge is 0.481 e. The van der Waals surface area contributed by atoms with Gasteiger partial charge in [0.15, 0.2) is 11.8 Å². The molecule has 1 saturated heterocycles. The second kappa shape index (κ2) is 9.14. The Bertz CT molecular complexity index is 992. The molecule has 1 fully saturated rings. The minimum absolute atomic E-state index is 0.226. The summed E-state index contributed by atoms with van der Waals surface area (Å²) in [5.74, 6) is -0.343. The number of para-hydroxylation sites is 1. The number of benzene rings is 2. The lowest BCUT2D eigenvalue weighted by molar-refractivity contribution is -0.142. The van der Waals surface area contributed by atoms with Gasteiger partial charge < -0.3 is 14.8 Å². The van der Waals surface area contributed by atoms with Crippen molar-refractivity contribution in [2.75, 3.05) is 13.7 Å². The number of thioether (sulfide) groups is 1. The first kappa shape index (κ1) is 20.3. The number of methoxy groups -OCH3 is 1. The normalized spacial score (nSPS) is 16.3. The van der Waals surface area contributed by atoms with Crippen molar-refractivity contribution in [2.24, 2.45) is 4.99 Å². The molecule has 0 spiro atoms. The summed E-state index contributed by atoms with van der Waals surface area (Å²) in [6.45, 7) is -0.226. The van der Waals surface area contributed by atoms with Crippen LogP contribution in [0.15, 0.2) is 52.4 Å². The molecule has 2 aromatic rings. The fraction of sp³-hybridized carbons (Fsp3) is 0.105. The van der Waals surface area contributed by atoms with Gasteiger partial charge in [0, 0.05) is 5.56 Å². The number of nitrogens with one attached hydrogen (secondary N) is 1. The Kier molecular flexibility index (Phi) is 6.61. The number of rotatable bonds is 5. The lowest BCUT2D eigenvalue weighted by Crippen LogP contribution is -2.19. The molecule has 144 valence electrons. The summed E-state index contributed by atoms with van der Waals surface area (Å²) in [4.78, 5) is 28.4. The van der Waals surface area contributed by atoms with E-state index < -0.39 is 5.97 Å². The van der Waals surface area contributed by atoms with Gasteiger partial charge in [0.25, 0.3) is 5.91 Å². The van der Waals surface area contributed by atoms with E-state index in [1.807, 2.05) is 0 Å². The van der Waals surface area contributed by atoms with Gasteiger partial charge in [-0.05, 0) is 36.0 Å². The van der Waals surface area contributed by atoms with Gasteiger partial charge in [-0.2, -0.15) is 0 Å². The molecule has 0 aromatic heterocycles. The monoisotopic (exact) mass is 436 g/mol. The van der Waals surface area contributed by atoms with Gasteiger partial charge in [0.05, 0.1) is 27.7 Å². The summed E-state index contributed by atoms with van der Waals surface area (Å²) in [7, 11) is 1.28. The molecule has 0 bridgehead atoms. The number of hydrogen-bond acceptors (Lipinski definition) is 6. The lowest BCUT2D eigenvalue weighted by atomic mass is 10.2. The van der Waals surface area contributed by atoms with Crippen molar-refractivity contribution in [1.82, 2.24) is 5.32 Å². The van der Waals surface area contributed by atoms with Crippen molar-refractivity contribution < 1.29 is 19.1 Å². The number of nitrogens with zero attached hydrogens (tertiary/aromatic N) is 1. The topological polar surface area (TPSA) is 77.0 Å². The molecule has 2 aromatic carbocycles. The van der Waals surface area contributed by atoms with Crippen LogP contribution in [-0.2, 0) is 14.3 Å². The Balaban J connectivity index is 1.82. The molecule has 0 atom stereocenters. The van der Waals surface area contributed by atoms with Crippen LogP contribution < -0.4 is 10.1 Å². The fourth-order valence-corrected chi connectivity index (χ4v) is 3.40. The Labute approximate surface area is 175 Å². The maximum Gasteiger partial charge on any atom is 0.343 e. The third kappa shape index (κ3) is 4.86. The second-order valence-corrected chi connectivity index (χ2v) is 7.27. The second-order valence-electron chi connectivity index (χ2n) is 5.46. The molecule has 1 amide bonds. The van der Waals surface area contributed by atoms with Gasteiger partial charge in [-0.15, -0.1) is 0 Å². The first-order valence-corrected chi connectivity index (χ1v) is 9.57. The standard InChI is InChI=1S/C19H14Cl2N2O4S/c1-26-16(24)10-27-14-8-3-2-5-11(14)9-15-18(25)23-19(28-15)22-13-7-4-6-12(20)17(13)21/h2-9H,10H2,1H3,(H,22,23,25)/b15-9+. The van der Waals surface area contributed by atoms with E-state index in [9.17, 15) is 9.59 Å². The molecule has 0 unspecified atom stereocenters. The zero-order chi connectivity index (χ0) is 20.1. The van der Waals surface area contributed by atoms with Crippen LogP contribution in [0.2, 0.25) is 10.0 Å². The molecule has 0 saturated carbocycles. The Hall–Kier alpha value is -2.48. The van der Waals surface area contributed by atoms with E-state index in [1.165, 1.54) is 7.11 Å². The summed E-state index contributed by atoms with van der Waals surface area (Å²) in [5.41, 5.74) is 1.10. The first-order valence-electron chi connectivity index (χ1n) is 8.00. The van der Waals surface area contributed by atoms with E-state index in [2.05, 4.69) is 15.0 Å². The SMILES string of the molecule is COC(=O)COc1ccccc1/C=C1/SC(=Nc2cccc(Cl)c2Cl)NC1=O. The molecule has 1 heterocycles. The highest BCUT2D eigenvalue weighted by atomic mass is 35.5. The molecular weight excluding hydrogens is 423 g/mol. The molecule has 1 N–H and O–H groups in total. The summed E-state index contributed by atoms with van der Waals surface area (Å²) in [5, 5.41) is 3.76. The van der Waals surface area contributed by atoms with Gasteiger partial charge >= 0.3 is 5.97 Å². The van der Waals surface area contributed by atoms with Crippen molar-refractivity contribution >= 4 is 63.8 Å². The molecule has 9 heteroatoms. The van der Waals surface area contributed by atoms with E-state index in [4.69, 9.17) is 27.9 Å². The zero-order valence-electron chi connectivity index (χ0n) is 14.6. The first-order chi connectivity index (χ1) is 13.5. The number of hydrogen-bond donors (Lipinski definition) is 1. The minimum Gasteiger partial charge on any atom is -0.481 e. The molecule has 0 aliphatic carbocycles. The van der Waals surface area contributed by atoms with Crippen molar-refractivity contribution in [3.05, 3.63) is 63.0 Å². The number of amidine groups is 1.